The molecule has 0 aromatic carbocycles. The smallest absolute Gasteiger partial charge is 0.254 e. The van der Waals surface area contributed by atoms with Crippen LogP contribution in [0.5, 0.6) is 0 Å². The molecule has 0 radical (unpaired) electrons. The van der Waals surface area contributed by atoms with Crippen molar-refractivity contribution in [2.24, 2.45) is 0 Å². The molecule has 0 unspecified atom stereocenters. The summed E-state index contributed by atoms with van der Waals surface area (Å²) < 4.78 is 10.1. The van der Waals surface area contributed by atoms with E-state index in [0.717, 1.165) is 19.4 Å². The molecule has 14 heavy (non-hydrogen) atoms. The van der Waals surface area contributed by atoms with Crippen LogP contribution in [0.1, 0.15) is 23.2 Å². The van der Waals surface area contributed by atoms with Gasteiger partial charge in [0.15, 0.2) is 0 Å². The number of carbonyl (C=O) groups excluding carboxylic acids is 1. The first kappa shape index (κ1) is 9.27. The third-order valence-electron chi connectivity index (χ3n) is 2.28. The molecule has 1 saturated heterocycles. The van der Waals surface area contributed by atoms with E-state index in [2.05, 4.69) is 5.32 Å². The van der Waals surface area contributed by atoms with Crippen molar-refractivity contribution < 1.29 is 13.9 Å². The highest BCUT2D eigenvalue weighted by Crippen LogP contribution is 2.07. The molecule has 1 aromatic heterocycles. The van der Waals surface area contributed by atoms with E-state index >= 15 is 0 Å². The highest BCUT2D eigenvalue weighted by molar-refractivity contribution is 5.93. The highest BCUT2D eigenvalue weighted by atomic mass is 16.5. The minimum Gasteiger partial charge on any atom is -0.472 e. The molecule has 1 aromatic rings. The van der Waals surface area contributed by atoms with Crippen LogP contribution in [-0.4, -0.2) is 25.2 Å². The predicted molar refractivity (Wildman–Crippen MR) is 50.0 cm³/mol. The zero-order valence-corrected chi connectivity index (χ0v) is 7.86. The van der Waals surface area contributed by atoms with Crippen LogP contribution in [0.15, 0.2) is 23.0 Å². The van der Waals surface area contributed by atoms with Crippen molar-refractivity contribution in [3.05, 3.63) is 24.2 Å². The quantitative estimate of drug-likeness (QED) is 0.771. The van der Waals surface area contributed by atoms with Crippen molar-refractivity contribution >= 4 is 5.91 Å². The Labute approximate surface area is 82.2 Å². The summed E-state index contributed by atoms with van der Waals surface area (Å²) in [6, 6.07) is 1.80. The molecule has 2 rings (SSSR count). The fourth-order valence-electron chi connectivity index (χ4n) is 1.52. The first-order valence-corrected chi connectivity index (χ1v) is 4.77. The molecule has 1 N–H and O–H groups in total. The van der Waals surface area contributed by atoms with Gasteiger partial charge in [-0.05, 0) is 18.9 Å². The Balaban J connectivity index is 1.87. The van der Waals surface area contributed by atoms with Gasteiger partial charge >= 0.3 is 0 Å². The molecule has 1 aliphatic heterocycles. The zero-order valence-electron chi connectivity index (χ0n) is 7.86. The average molecular weight is 195 g/mol. The molecule has 1 fully saturated rings. The van der Waals surface area contributed by atoms with Crippen LogP contribution in [0.3, 0.4) is 0 Å². The van der Waals surface area contributed by atoms with Gasteiger partial charge in [0.25, 0.3) is 5.91 Å². The fraction of sp³-hybridized carbons (Fsp3) is 0.500. The van der Waals surface area contributed by atoms with Gasteiger partial charge < -0.3 is 14.5 Å². The molecule has 1 amide bonds. The Hall–Kier alpha value is -1.29. The Morgan fingerprint density at radius 3 is 3.14 bits per heavy atom. The van der Waals surface area contributed by atoms with Crippen LogP contribution < -0.4 is 5.32 Å². The summed E-state index contributed by atoms with van der Waals surface area (Å²) in [6.45, 7) is 1.42. The number of hydrogen-bond acceptors (Lipinski definition) is 3. The van der Waals surface area contributed by atoms with Crippen LogP contribution in [0.25, 0.3) is 0 Å². The van der Waals surface area contributed by atoms with E-state index < -0.39 is 0 Å². The van der Waals surface area contributed by atoms with E-state index in [1.165, 1.54) is 12.5 Å². The van der Waals surface area contributed by atoms with Gasteiger partial charge in [0, 0.05) is 6.61 Å². The lowest BCUT2D eigenvalue weighted by Crippen LogP contribution is -2.40. The molecule has 76 valence electrons. The van der Waals surface area contributed by atoms with E-state index in [1.54, 1.807) is 6.07 Å². The van der Waals surface area contributed by atoms with Crippen LogP contribution >= 0.6 is 0 Å². The lowest BCUT2D eigenvalue weighted by molar-refractivity contribution is 0.0624. The first-order valence-electron chi connectivity index (χ1n) is 4.77. The molecule has 0 saturated carbocycles. The summed E-state index contributed by atoms with van der Waals surface area (Å²) in [5.41, 5.74) is 0.565. The second-order valence-electron chi connectivity index (χ2n) is 3.40. The second-order valence-corrected chi connectivity index (χ2v) is 3.40. The number of carbonyl (C=O) groups is 1. The molecule has 0 bridgehead atoms. The fourth-order valence-corrected chi connectivity index (χ4v) is 1.52. The number of rotatable bonds is 2. The Bertz CT molecular complexity index is 288. The molecule has 0 aliphatic carbocycles. The zero-order chi connectivity index (χ0) is 9.80. The van der Waals surface area contributed by atoms with Crippen LogP contribution in [0.2, 0.25) is 0 Å². The topological polar surface area (TPSA) is 51.5 Å². The van der Waals surface area contributed by atoms with Gasteiger partial charge in [-0.3, -0.25) is 4.79 Å². The second kappa shape index (κ2) is 4.28. The largest absolute Gasteiger partial charge is 0.472 e. The molecule has 1 atom stereocenters. The van der Waals surface area contributed by atoms with Crippen LogP contribution in [0.4, 0.5) is 0 Å². The van der Waals surface area contributed by atoms with Gasteiger partial charge in [-0.2, -0.15) is 0 Å². The minimum absolute atomic E-state index is 0.0887. The van der Waals surface area contributed by atoms with Crippen molar-refractivity contribution in [3.63, 3.8) is 0 Å². The Morgan fingerprint density at radius 2 is 2.50 bits per heavy atom. The minimum atomic E-state index is -0.0887. The van der Waals surface area contributed by atoms with Gasteiger partial charge in [0.1, 0.15) is 6.26 Å². The van der Waals surface area contributed by atoms with Crippen molar-refractivity contribution in [2.45, 2.75) is 18.9 Å². The van der Waals surface area contributed by atoms with Crippen molar-refractivity contribution in [3.8, 4) is 0 Å². The van der Waals surface area contributed by atoms with E-state index in [4.69, 9.17) is 9.15 Å². The van der Waals surface area contributed by atoms with Crippen molar-refractivity contribution in [2.75, 3.05) is 13.2 Å². The molecule has 2 heterocycles. The maximum Gasteiger partial charge on any atom is 0.254 e. The van der Waals surface area contributed by atoms with Crippen molar-refractivity contribution in [1.82, 2.24) is 5.32 Å². The normalized spacial score (nSPS) is 21.9. The molecule has 0 spiro atoms. The van der Waals surface area contributed by atoms with Gasteiger partial charge in [-0.15, -0.1) is 0 Å². The lowest BCUT2D eigenvalue weighted by atomic mass is 10.1. The Kier molecular flexibility index (Phi) is 2.84. The molecule has 4 nitrogen and oxygen atoms in total. The summed E-state index contributed by atoms with van der Waals surface area (Å²) in [4.78, 5) is 11.5. The number of nitrogens with one attached hydrogen (secondary N) is 1. The van der Waals surface area contributed by atoms with Crippen molar-refractivity contribution in [1.29, 1.82) is 0 Å². The molecule has 4 heteroatoms. The summed E-state index contributed by atoms with van der Waals surface area (Å²) in [6.07, 6.45) is 4.94. The molecule has 1 aliphatic rings. The number of furan rings is 1. The number of amides is 1. The van der Waals surface area contributed by atoms with Gasteiger partial charge in [-0.25, -0.2) is 0 Å². The number of hydrogen-bond donors (Lipinski definition) is 1. The van der Waals surface area contributed by atoms with Gasteiger partial charge in [-0.1, -0.05) is 0 Å². The van der Waals surface area contributed by atoms with Gasteiger partial charge in [0.2, 0.25) is 0 Å². The standard InChI is InChI=1S/C10H13NO3/c12-10(8-3-5-14-6-8)11-9-2-1-4-13-7-9/h3,5-6,9H,1-2,4,7H2,(H,11,12)/t9-/m1/s1. The summed E-state index contributed by atoms with van der Waals surface area (Å²) in [5.74, 6) is -0.0887. The van der Waals surface area contributed by atoms with Crippen LogP contribution in [-0.2, 0) is 4.74 Å². The molecular weight excluding hydrogens is 182 g/mol. The summed E-state index contributed by atoms with van der Waals surface area (Å²) in [5, 5.41) is 2.90. The monoisotopic (exact) mass is 195 g/mol. The molecular formula is C10H13NO3. The van der Waals surface area contributed by atoms with E-state index in [-0.39, 0.29) is 11.9 Å². The predicted octanol–water partition coefficient (Wildman–Crippen LogP) is 1.19. The SMILES string of the molecule is O=C(N[C@@H]1CCCOC1)c1ccoc1. The van der Waals surface area contributed by atoms with Crippen LogP contribution in [0, 0.1) is 0 Å². The number of ether oxygens (including phenoxy) is 1. The summed E-state index contributed by atoms with van der Waals surface area (Å²) >= 11 is 0. The van der Waals surface area contributed by atoms with E-state index in [1.807, 2.05) is 0 Å². The maximum absolute atomic E-state index is 11.5. The third kappa shape index (κ3) is 2.14. The first-order chi connectivity index (χ1) is 6.86. The average Bonchev–Trinajstić information content (AvgIpc) is 2.72. The van der Waals surface area contributed by atoms with E-state index in [0.29, 0.717) is 12.2 Å². The van der Waals surface area contributed by atoms with E-state index in [9.17, 15) is 4.79 Å². The highest BCUT2D eigenvalue weighted by Gasteiger charge is 2.17. The lowest BCUT2D eigenvalue weighted by Gasteiger charge is -2.22. The summed E-state index contributed by atoms with van der Waals surface area (Å²) in [7, 11) is 0. The Morgan fingerprint density at radius 1 is 1.57 bits per heavy atom. The van der Waals surface area contributed by atoms with Gasteiger partial charge in [0.05, 0.1) is 24.5 Å². The third-order valence-corrected chi connectivity index (χ3v) is 2.28. The maximum atomic E-state index is 11.5.